The second kappa shape index (κ2) is 5.60. The Hall–Kier alpha value is -2.30. The van der Waals surface area contributed by atoms with Gasteiger partial charge in [-0.15, -0.1) is 0 Å². The summed E-state index contributed by atoms with van der Waals surface area (Å²) in [5.41, 5.74) is 2.10. The SMILES string of the molecule is Cc1cnc(C(=O)N2CCC[C@H]2c2ccc(F)cc2)cn1. The zero-order valence-electron chi connectivity index (χ0n) is 11.8. The Morgan fingerprint density at radius 1 is 1.24 bits per heavy atom. The highest BCUT2D eigenvalue weighted by Crippen LogP contribution is 2.32. The van der Waals surface area contributed by atoms with Crippen molar-refractivity contribution in [3.63, 3.8) is 0 Å². The quantitative estimate of drug-likeness (QED) is 0.852. The smallest absolute Gasteiger partial charge is 0.274 e. The van der Waals surface area contributed by atoms with Crippen LogP contribution in [0.3, 0.4) is 0 Å². The lowest BCUT2D eigenvalue weighted by Gasteiger charge is -2.24. The molecule has 1 aliphatic rings. The minimum atomic E-state index is -0.265. The molecule has 1 atom stereocenters. The number of benzene rings is 1. The molecule has 1 fully saturated rings. The summed E-state index contributed by atoms with van der Waals surface area (Å²) in [5.74, 6) is -0.381. The van der Waals surface area contributed by atoms with Crippen molar-refractivity contribution >= 4 is 5.91 Å². The fraction of sp³-hybridized carbons (Fsp3) is 0.312. The number of aromatic nitrogens is 2. The molecule has 2 aromatic rings. The predicted molar refractivity (Wildman–Crippen MR) is 76.2 cm³/mol. The summed E-state index contributed by atoms with van der Waals surface area (Å²) >= 11 is 0. The molecule has 3 rings (SSSR count). The van der Waals surface area contributed by atoms with Gasteiger partial charge in [-0.25, -0.2) is 9.37 Å². The number of hydrogen-bond acceptors (Lipinski definition) is 3. The maximum absolute atomic E-state index is 13.0. The van der Waals surface area contributed by atoms with Crippen molar-refractivity contribution in [2.75, 3.05) is 6.54 Å². The van der Waals surface area contributed by atoms with E-state index in [9.17, 15) is 9.18 Å². The lowest BCUT2D eigenvalue weighted by atomic mass is 10.0. The van der Waals surface area contributed by atoms with Crippen LogP contribution in [0, 0.1) is 12.7 Å². The van der Waals surface area contributed by atoms with Crippen LogP contribution < -0.4 is 0 Å². The molecule has 0 spiro atoms. The Morgan fingerprint density at radius 3 is 2.67 bits per heavy atom. The monoisotopic (exact) mass is 285 g/mol. The number of rotatable bonds is 2. The number of hydrogen-bond donors (Lipinski definition) is 0. The molecule has 1 amide bonds. The first-order chi connectivity index (χ1) is 10.1. The molecule has 0 unspecified atom stereocenters. The van der Waals surface area contributed by atoms with Crippen LogP contribution in [0.1, 0.15) is 40.6 Å². The number of carbonyl (C=O) groups excluding carboxylic acids is 1. The molecule has 1 aromatic heterocycles. The molecule has 1 aliphatic heterocycles. The van der Waals surface area contributed by atoms with Crippen molar-refractivity contribution in [2.24, 2.45) is 0 Å². The molecule has 0 N–H and O–H groups in total. The minimum absolute atomic E-state index is 0.0128. The number of nitrogens with zero attached hydrogens (tertiary/aromatic N) is 3. The van der Waals surface area contributed by atoms with E-state index in [1.807, 2.05) is 6.92 Å². The van der Waals surface area contributed by atoms with Crippen molar-refractivity contribution in [1.82, 2.24) is 14.9 Å². The average molecular weight is 285 g/mol. The van der Waals surface area contributed by atoms with Crippen LogP contribution in [-0.2, 0) is 0 Å². The number of likely N-dealkylation sites (tertiary alicyclic amines) is 1. The normalized spacial score (nSPS) is 18.0. The summed E-state index contributed by atoms with van der Waals surface area (Å²) in [6.45, 7) is 2.52. The van der Waals surface area contributed by atoms with Gasteiger partial charge in [0.2, 0.25) is 0 Å². The summed E-state index contributed by atoms with van der Waals surface area (Å²) in [6, 6.07) is 6.34. The highest BCUT2D eigenvalue weighted by Gasteiger charge is 2.31. The molecule has 0 aliphatic carbocycles. The van der Waals surface area contributed by atoms with E-state index in [1.165, 1.54) is 18.3 Å². The Labute approximate surface area is 122 Å². The van der Waals surface area contributed by atoms with E-state index < -0.39 is 0 Å². The lowest BCUT2D eigenvalue weighted by Crippen LogP contribution is -2.31. The molecule has 1 saturated heterocycles. The van der Waals surface area contributed by atoms with Gasteiger partial charge in [-0.3, -0.25) is 9.78 Å². The van der Waals surface area contributed by atoms with Gasteiger partial charge in [-0.2, -0.15) is 0 Å². The van der Waals surface area contributed by atoms with Gasteiger partial charge < -0.3 is 4.90 Å². The fourth-order valence-corrected chi connectivity index (χ4v) is 2.69. The summed E-state index contributed by atoms with van der Waals surface area (Å²) < 4.78 is 13.0. The molecule has 0 bridgehead atoms. The Kier molecular flexibility index (Phi) is 3.64. The molecule has 0 saturated carbocycles. The molecular weight excluding hydrogens is 269 g/mol. The molecule has 5 heteroatoms. The van der Waals surface area contributed by atoms with Crippen molar-refractivity contribution < 1.29 is 9.18 Å². The first-order valence-electron chi connectivity index (χ1n) is 7.00. The van der Waals surface area contributed by atoms with Gasteiger partial charge in [-0.05, 0) is 37.5 Å². The third-order valence-corrected chi connectivity index (χ3v) is 3.77. The molecule has 21 heavy (non-hydrogen) atoms. The van der Waals surface area contributed by atoms with Crippen molar-refractivity contribution in [1.29, 1.82) is 0 Å². The number of halogens is 1. The fourth-order valence-electron chi connectivity index (χ4n) is 2.69. The first-order valence-corrected chi connectivity index (χ1v) is 7.00. The van der Waals surface area contributed by atoms with Crippen LogP contribution in [0.5, 0.6) is 0 Å². The molecule has 108 valence electrons. The molecule has 4 nitrogen and oxygen atoms in total. The van der Waals surface area contributed by atoms with Gasteiger partial charge in [0.1, 0.15) is 11.5 Å². The summed E-state index contributed by atoms with van der Waals surface area (Å²) in [5, 5.41) is 0. The molecule has 1 aromatic carbocycles. The van der Waals surface area contributed by atoms with Gasteiger partial charge in [0, 0.05) is 12.7 Å². The van der Waals surface area contributed by atoms with E-state index in [4.69, 9.17) is 0 Å². The Bertz CT molecular complexity index is 640. The average Bonchev–Trinajstić information content (AvgIpc) is 2.97. The van der Waals surface area contributed by atoms with E-state index in [0.717, 1.165) is 24.1 Å². The van der Waals surface area contributed by atoms with E-state index in [-0.39, 0.29) is 17.8 Å². The Morgan fingerprint density at radius 2 is 2.00 bits per heavy atom. The van der Waals surface area contributed by atoms with Crippen molar-refractivity contribution in [3.8, 4) is 0 Å². The summed E-state index contributed by atoms with van der Waals surface area (Å²) in [6.07, 6.45) is 4.93. The van der Waals surface area contributed by atoms with Crippen LogP contribution in [0.15, 0.2) is 36.7 Å². The van der Waals surface area contributed by atoms with Crippen molar-refractivity contribution in [2.45, 2.75) is 25.8 Å². The van der Waals surface area contributed by atoms with Gasteiger partial charge in [0.15, 0.2) is 0 Å². The van der Waals surface area contributed by atoms with E-state index in [1.54, 1.807) is 23.2 Å². The highest BCUT2D eigenvalue weighted by molar-refractivity contribution is 5.92. The van der Waals surface area contributed by atoms with Crippen LogP contribution >= 0.6 is 0 Å². The van der Waals surface area contributed by atoms with Gasteiger partial charge in [-0.1, -0.05) is 12.1 Å². The standard InChI is InChI=1S/C16H16FN3O/c1-11-9-19-14(10-18-11)16(21)20-8-2-3-15(20)12-4-6-13(17)7-5-12/h4-7,9-10,15H,2-3,8H2,1H3/t15-/m0/s1. The molecule has 0 radical (unpaired) electrons. The van der Waals surface area contributed by atoms with E-state index in [2.05, 4.69) is 9.97 Å². The largest absolute Gasteiger partial charge is 0.330 e. The zero-order chi connectivity index (χ0) is 14.8. The second-order valence-electron chi connectivity index (χ2n) is 5.25. The third-order valence-electron chi connectivity index (χ3n) is 3.77. The Balaban J connectivity index is 1.85. The first kappa shape index (κ1) is 13.7. The lowest BCUT2D eigenvalue weighted by molar-refractivity contribution is 0.0729. The van der Waals surface area contributed by atoms with Crippen LogP contribution in [-0.4, -0.2) is 27.3 Å². The predicted octanol–water partition coefficient (Wildman–Crippen LogP) is 2.90. The van der Waals surface area contributed by atoms with Crippen LogP contribution in [0.25, 0.3) is 0 Å². The molecule has 2 heterocycles. The number of carbonyl (C=O) groups is 1. The zero-order valence-corrected chi connectivity index (χ0v) is 11.8. The van der Waals surface area contributed by atoms with Gasteiger partial charge in [0.05, 0.1) is 17.9 Å². The third kappa shape index (κ3) is 2.77. The van der Waals surface area contributed by atoms with Gasteiger partial charge in [0.25, 0.3) is 5.91 Å². The number of amides is 1. The van der Waals surface area contributed by atoms with Crippen LogP contribution in [0.4, 0.5) is 4.39 Å². The van der Waals surface area contributed by atoms with E-state index >= 15 is 0 Å². The maximum Gasteiger partial charge on any atom is 0.274 e. The van der Waals surface area contributed by atoms with Crippen molar-refractivity contribution in [3.05, 3.63) is 59.4 Å². The molecular formula is C16H16FN3O. The number of aryl methyl sites for hydroxylation is 1. The second-order valence-corrected chi connectivity index (χ2v) is 5.25. The van der Waals surface area contributed by atoms with E-state index in [0.29, 0.717) is 12.2 Å². The summed E-state index contributed by atoms with van der Waals surface area (Å²) in [7, 11) is 0. The van der Waals surface area contributed by atoms with Gasteiger partial charge >= 0.3 is 0 Å². The summed E-state index contributed by atoms with van der Waals surface area (Å²) in [4.78, 5) is 22.6. The maximum atomic E-state index is 13.0. The minimum Gasteiger partial charge on any atom is -0.330 e. The van der Waals surface area contributed by atoms with Crippen LogP contribution in [0.2, 0.25) is 0 Å². The highest BCUT2D eigenvalue weighted by atomic mass is 19.1. The topological polar surface area (TPSA) is 46.1 Å².